The summed E-state index contributed by atoms with van der Waals surface area (Å²) in [5.74, 6) is 0.0775. The highest BCUT2D eigenvalue weighted by Crippen LogP contribution is 2.29. The van der Waals surface area contributed by atoms with Gasteiger partial charge in [0.05, 0.1) is 12.4 Å². The van der Waals surface area contributed by atoms with Gasteiger partial charge in [-0.25, -0.2) is 8.42 Å². The van der Waals surface area contributed by atoms with E-state index in [-0.39, 0.29) is 22.8 Å². The number of nitrogens with one attached hydrogen (secondary N) is 1. The van der Waals surface area contributed by atoms with Crippen LogP contribution in [0.25, 0.3) is 0 Å². The van der Waals surface area contributed by atoms with Gasteiger partial charge < -0.3 is 15.7 Å². The van der Waals surface area contributed by atoms with E-state index in [4.69, 9.17) is 15.7 Å². The monoisotopic (exact) mass is 287 g/mol. The Bertz CT molecular complexity index is 582. The zero-order valence-electron chi connectivity index (χ0n) is 10.9. The third-order valence-electron chi connectivity index (χ3n) is 2.49. The third kappa shape index (κ3) is 3.28. The van der Waals surface area contributed by atoms with Crippen molar-refractivity contribution in [3.05, 3.63) is 23.8 Å². The van der Waals surface area contributed by atoms with E-state index in [1.54, 1.807) is 26.0 Å². The van der Waals surface area contributed by atoms with Crippen LogP contribution in [0.4, 0.5) is 5.69 Å². The third-order valence-corrected chi connectivity index (χ3v) is 4.22. The summed E-state index contributed by atoms with van der Waals surface area (Å²) >= 11 is 0. The molecule has 0 fully saturated rings. The molecule has 4 N–H and O–H groups in total. The van der Waals surface area contributed by atoms with Gasteiger partial charge in [-0.15, -0.1) is 0 Å². The lowest BCUT2D eigenvalue weighted by Gasteiger charge is -2.16. The Labute approximate surface area is 112 Å². The Hall–Kier alpha value is -1.96. The normalized spacial score (nSPS) is 12.5. The van der Waals surface area contributed by atoms with Crippen molar-refractivity contribution in [3.63, 3.8) is 0 Å². The van der Waals surface area contributed by atoms with Crippen LogP contribution >= 0.6 is 0 Å². The number of hydrogen-bond donors (Lipinski definition) is 3. The molecule has 0 amide bonds. The average molecular weight is 287 g/mol. The van der Waals surface area contributed by atoms with Gasteiger partial charge in [-0.3, -0.25) is 4.72 Å². The molecule has 1 rings (SSSR count). The standard InChI is InChI=1S/C11H17N3O4S/c1-7(2)19(16,17)14-10-8(11(12)13-15)5-4-6-9(10)18-3/h4-7,14-15H,1-3H3,(H2,12,13). The Balaban J connectivity index is 3.39. The maximum Gasteiger partial charge on any atom is 0.235 e. The van der Waals surface area contributed by atoms with E-state index in [2.05, 4.69) is 9.88 Å². The van der Waals surface area contributed by atoms with E-state index in [0.717, 1.165) is 0 Å². The number of methoxy groups -OCH3 is 1. The zero-order valence-corrected chi connectivity index (χ0v) is 11.7. The second-order valence-electron chi connectivity index (χ2n) is 4.06. The molecule has 0 aliphatic rings. The minimum atomic E-state index is -3.57. The molecule has 0 saturated carbocycles. The average Bonchev–Trinajstić information content (AvgIpc) is 2.37. The fourth-order valence-corrected chi connectivity index (χ4v) is 2.06. The van der Waals surface area contributed by atoms with Crippen LogP contribution in [-0.4, -0.2) is 31.8 Å². The van der Waals surface area contributed by atoms with Crippen molar-refractivity contribution >= 4 is 21.5 Å². The summed E-state index contributed by atoms with van der Waals surface area (Å²) in [7, 11) is -2.17. The molecule has 0 heterocycles. The van der Waals surface area contributed by atoms with Gasteiger partial charge in [-0.05, 0) is 26.0 Å². The highest BCUT2D eigenvalue weighted by atomic mass is 32.2. The van der Waals surface area contributed by atoms with Crippen LogP contribution in [0.5, 0.6) is 5.75 Å². The summed E-state index contributed by atoms with van der Waals surface area (Å²) in [6.07, 6.45) is 0. The molecule has 0 spiro atoms. The summed E-state index contributed by atoms with van der Waals surface area (Å²) in [5.41, 5.74) is 5.91. The van der Waals surface area contributed by atoms with Gasteiger partial charge in [0.2, 0.25) is 10.0 Å². The molecule has 8 heteroatoms. The van der Waals surface area contributed by atoms with Gasteiger partial charge in [0.15, 0.2) is 5.84 Å². The molecule has 19 heavy (non-hydrogen) atoms. The number of amidine groups is 1. The Morgan fingerprint density at radius 2 is 2.11 bits per heavy atom. The number of anilines is 1. The van der Waals surface area contributed by atoms with Crippen molar-refractivity contribution in [1.29, 1.82) is 0 Å². The van der Waals surface area contributed by atoms with Crippen LogP contribution in [0.15, 0.2) is 23.4 Å². The summed E-state index contributed by atoms with van der Waals surface area (Å²) in [6.45, 7) is 3.09. The number of oxime groups is 1. The van der Waals surface area contributed by atoms with Crippen molar-refractivity contribution in [1.82, 2.24) is 0 Å². The van der Waals surface area contributed by atoms with Crippen molar-refractivity contribution in [2.45, 2.75) is 19.1 Å². The molecule has 0 bridgehead atoms. The number of sulfonamides is 1. The van der Waals surface area contributed by atoms with Crippen LogP contribution in [0.2, 0.25) is 0 Å². The molecule has 1 aromatic rings. The predicted molar refractivity (Wildman–Crippen MR) is 73.2 cm³/mol. The van der Waals surface area contributed by atoms with Crippen LogP contribution in [0.1, 0.15) is 19.4 Å². The van der Waals surface area contributed by atoms with E-state index in [9.17, 15) is 8.42 Å². The van der Waals surface area contributed by atoms with Gasteiger partial charge in [0.25, 0.3) is 0 Å². The van der Waals surface area contributed by atoms with Gasteiger partial charge in [-0.2, -0.15) is 0 Å². The van der Waals surface area contributed by atoms with Gasteiger partial charge in [0, 0.05) is 5.56 Å². The number of nitrogens with zero attached hydrogens (tertiary/aromatic N) is 1. The summed E-state index contributed by atoms with van der Waals surface area (Å²) in [4.78, 5) is 0. The maximum absolute atomic E-state index is 11.9. The minimum Gasteiger partial charge on any atom is -0.495 e. The van der Waals surface area contributed by atoms with E-state index in [1.165, 1.54) is 13.2 Å². The highest BCUT2D eigenvalue weighted by Gasteiger charge is 2.21. The number of para-hydroxylation sites is 1. The molecule has 0 atom stereocenters. The number of nitrogens with two attached hydrogens (primary N) is 1. The molecule has 0 radical (unpaired) electrons. The number of rotatable bonds is 5. The van der Waals surface area contributed by atoms with E-state index in [1.807, 2.05) is 0 Å². The molecular formula is C11H17N3O4S. The molecule has 0 saturated heterocycles. The van der Waals surface area contributed by atoms with E-state index in [0.29, 0.717) is 0 Å². The molecule has 0 unspecified atom stereocenters. The van der Waals surface area contributed by atoms with Crippen molar-refractivity contribution in [2.75, 3.05) is 11.8 Å². The van der Waals surface area contributed by atoms with Crippen LogP contribution in [-0.2, 0) is 10.0 Å². The highest BCUT2D eigenvalue weighted by molar-refractivity contribution is 7.93. The van der Waals surface area contributed by atoms with Gasteiger partial charge >= 0.3 is 0 Å². The summed E-state index contributed by atoms with van der Waals surface area (Å²) in [6, 6.07) is 4.71. The first-order valence-corrected chi connectivity index (χ1v) is 7.04. The maximum atomic E-state index is 11.9. The fourth-order valence-electron chi connectivity index (χ4n) is 1.33. The summed E-state index contributed by atoms with van der Waals surface area (Å²) < 4.78 is 31.3. The van der Waals surface area contributed by atoms with Crippen molar-refractivity contribution < 1.29 is 18.4 Å². The van der Waals surface area contributed by atoms with Crippen molar-refractivity contribution in [3.8, 4) is 5.75 Å². The zero-order chi connectivity index (χ0) is 14.6. The van der Waals surface area contributed by atoms with Gasteiger partial charge in [0.1, 0.15) is 11.4 Å². The topological polar surface area (TPSA) is 114 Å². The number of ether oxygens (including phenoxy) is 1. The van der Waals surface area contributed by atoms with Gasteiger partial charge in [-0.1, -0.05) is 11.2 Å². The number of benzene rings is 1. The van der Waals surface area contributed by atoms with Crippen LogP contribution < -0.4 is 15.2 Å². The molecule has 0 aliphatic heterocycles. The Morgan fingerprint density at radius 1 is 1.47 bits per heavy atom. The Kier molecular flexibility index (Phi) is 4.60. The first kappa shape index (κ1) is 15.1. The molecule has 7 nitrogen and oxygen atoms in total. The van der Waals surface area contributed by atoms with Crippen LogP contribution in [0.3, 0.4) is 0 Å². The molecule has 106 valence electrons. The second kappa shape index (κ2) is 5.79. The lowest BCUT2D eigenvalue weighted by molar-refractivity contribution is 0.318. The molecule has 0 aliphatic carbocycles. The lowest BCUT2D eigenvalue weighted by Crippen LogP contribution is -2.25. The molecule has 1 aromatic carbocycles. The first-order chi connectivity index (χ1) is 8.83. The van der Waals surface area contributed by atoms with E-state index < -0.39 is 15.3 Å². The quantitative estimate of drug-likeness (QED) is 0.323. The minimum absolute atomic E-state index is 0.147. The predicted octanol–water partition coefficient (Wildman–Crippen LogP) is 0.940. The molecule has 0 aromatic heterocycles. The second-order valence-corrected chi connectivity index (χ2v) is 6.30. The van der Waals surface area contributed by atoms with Crippen molar-refractivity contribution in [2.24, 2.45) is 10.9 Å². The first-order valence-electron chi connectivity index (χ1n) is 5.50. The molecular weight excluding hydrogens is 270 g/mol. The SMILES string of the molecule is COc1cccc(/C(N)=N/O)c1NS(=O)(=O)C(C)C. The Morgan fingerprint density at radius 3 is 2.58 bits per heavy atom. The van der Waals surface area contributed by atoms with Crippen LogP contribution in [0, 0.1) is 0 Å². The fraction of sp³-hybridized carbons (Fsp3) is 0.364. The smallest absolute Gasteiger partial charge is 0.235 e. The largest absolute Gasteiger partial charge is 0.495 e. The summed E-state index contributed by atoms with van der Waals surface area (Å²) in [5, 5.41) is 11.0. The number of hydrogen-bond acceptors (Lipinski definition) is 5. The lowest BCUT2D eigenvalue weighted by atomic mass is 10.1. The van der Waals surface area contributed by atoms with E-state index >= 15 is 0 Å².